The number of ether oxygens (including phenoxy) is 1. The highest BCUT2D eigenvalue weighted by Gasteiger charge is 2.39. The van der Waals surface area contributed by atoms with Gasteiger partial charge >= 0.3 is 0 Å². The number of imidazole rings is 1. The molecule has 0 saturated carbocycles. The first kappa shape index (κ1) is 20.7. The average molecular weight is 424 g/mol. The van der Waals surface area contributed by atoms with Gasteiger partial charge in [0.2, 0.25) is 11.8 Å². The van der Waals surface area contributed by atoms with Gasteiger partial charge in [-0.05, 0) is 68.8 Å². The highest BCUT2D eigenvalue weighted by atomic mass is 19.1. The van der Waals surface area contributed by atoms with E-state index in [-0.39, 0.29) is 24.1 Å². The molecule has 6 nitrogen and oxygen atoms in total. The normalized spacial score (nSPS) is 14.5. The molecule has 0 fully saturated rings. The number of carbonyl (C=O) groups excluding carboxylic acids is 1. The van der Waals surface area contributed by atoms with E-state index >= 15 is 0 Å². The Kier molecular flexibility index (Phi) is 5.10. The van der Waals surface area contributed by atoms with Crippen LogP contribution in [0, 0.1) is 18.6 Å². The van der Waals surface area contributed by atoms with Crippen LogP contribution in [0.5, 0.6) is 11.6 Å². The molecule has 0 saturated heterocycles. The molecule has 160 valence electrons. The van der Waals surface area contributed by atoms with E-state index in [1.165, 1.54) is 29.2 Å². The fourth-order valence-electron chi connectivity index (χ4n) is 3.59. The van der Waals surface area contributed by atoms with Gasteiger partial charge in [-0.3, -0.25) is 9.36 Å². The van der Waals surface area contributed by atoms with Crippen molar-refractivity contribution in [2.75, 3.05) is 6.54 Å². The monoisotopic (exact) mass is 424 g/mol. The molecule has 4 rings (SSSR count). The van der Waals surface area contributed by atoms with Crippen LogP contribution in [0.25, 0.3) is 17.5 Å². The molecular weight excluding hydrogens is 402 g/mol. The molecule has 0 atom stereocenters. The van der Waals surface area contributed by atoms with Crippen molar-refractivity contribution in [1.82, 2.24) is 14.5 Å². The second kappa shape index (κ2) is 7.63. The first-order chi connectivity index (χ1) is 14.7. The van der Waals surface area contributed by atoms with Crippen molar-refractivity contribution in [2.24, 2.45) is 5.73 Å². The fourth-order valence-corrected chi connectivity index (χ4v) is 3.59. The van der Waals surface area contributed by atoms with Crippen LogP contribution in [0.3, 0.4) is 0 Å². The molecule has 8 heteroatoms. The summed E-state index contributed by atoms with van der Waals surface area (Å²) in [6.07, 6.45) is 3.29. The lowest BCUT2D eigenvalue weighted by atomic mass is 10.0. The second-order valence-electron chi connectivity index (χ2n) is 7.80. The molecule has 3 aromatic rings. The molecule has 1 aliphatic rings. The number of halogens is 2. The maximum atomic E-state index is 13.7. The summed E-state index contributed by atoms with van der Waals surface area (Å²) < 4.78 is 35.1. The van der Waals surface area contributed by atoms with Gasteiger partial charge in [0.05, 0.1) is 6.54 Å². The summed E-state index contributed by atoms with van der Waals surface area (Å²) >= 11 is 0. The van der Waals surface area contributed by atoms with Crippen LogP contribution in [-0.2, 0) is 10.3 Å². The molecule has 31 heavy (non-hydrogen) atoms. The Bertz CT molecular complexity index is 1180. The maximum absolute atomic E-state index is 13.7. The summed E-state index contributed by atoms with van der Waals surface area (Å²) in [7, 11) is 0. The quantitative estimate of drug-likeness (QED) is 0.674. The first-order valence-corrected chi connectivity index (χ1v) is 9.75. The van der Waals surface area contributed by atoms with Crippen molar-refractivity contribution in [3.63, 3.8) is 0 Å². The third-order valence-corrected chi connectivity index (χ3v) is 5.29. The van der Waals surface area contributed by atoms with Gasteiger partial charge in [-0.25, -0.2) is 13.8 Å². The Hall–Kier alpha value is -3.52. The van der Waals surface area contributed by atoms with Crippen molar-refractivity contribution in [2.45, 2.75) is 26.3 Å². The van der Waals surface area contributed by atoms with E-state index in [1.54, 1.807) is 42.1 Å². The van der Waals surface area contributed by atoms with Crippen molar-refractivity contribution < 1.29 is 18.3 Å². The summed E-state index contributed by atoms with van der Waals surface area (Å²) in [5.74, 6) is 0.386. The van der Waals surface area contributed by atoms with Gasteiger partial charge in [0.1, 0.15) is 34.4 Å². The minimum Gasteiger partial charge on any atom is -0.438 e. The van der Waals surface area contributed by atoms with Crippen LogP contribution in [0.1, 0.15) is 25.2 Å². The van der Waals surface area contributed by atoms with Crippen LogP contribution in [0.4, 0.5) is 8.78 Å². The molecule has 0 bridgehead atoms. The number of aryl methyl sites for hydroxylation is 1. The SMILES string of the molecule is Cc1cc(Oc2c(-c3ccc(F)cc3)nc3n2C=CN(C(=O)CN)C3(C)C)ccc1F. The van der Waals surface area contributed by atoms with E-state index in [4.69, 9.17) is 15.5 Å². The van der Waals surface area contributed by atoms with E-state index in [0.29, 0.717) is 34.3 Å². The average Bonchev–Trinajstić information content (AvgIpc) is 3.10. The molecule has 0 aliphatic carbocycles. The minimum absolute atomic E-state index is 0.141. The first-order valence-electron chi connectivity index (χ1n) is 9.75. The smallest absolute Gasteiger partial charge is 0.241 e. The zero-order chi connectivity index (χ0) is 22.3. The van der Waals surface area contributed by atoms with E-state index in [0.717, 1.165) is 0 Å². The zero-order valence-electron chi connectivity index (χ0n) is 17.4. The van der Waals surface area contributed by atoms with Gasteiger partial charge in [-0.15, -0.1) is 0 Å². The van der Waals surface area contributed by atoms with Crippen molar-refractivity contribution in [3.05, 3.63) is 71.7 Å². The predicted octanol–water partition coefficient (Wildman–Crippen LogP) is 4.39. The van der Waals surface area contributed by atoms with E-state index < -0.39 is 5.54 Å². The van der Waals surface area contributed by atoms with E-state index in [9.17, 15) is 13.6 Å². The van der Waals surface area contributed by atoms with Crippen LogP contribution in [0.15, 0.2) is 48.7 Å². The second-order valence-corrected chi connectivity index (χ2v) is 7.80. The summed E-state index contributed by atoms with van der Waals surface area (Å²) in [6, 6.07) is 10.3. The summed E-state index contributed by atoms with van der Waals surface area (Å²) in [5.41, 5.74) is 6.30. The molecule has 0 spiro atoms. The number of carbonyl (C=O) groups is 1. The van der Waals surface area contributed by atoms with Gasteiger partial charge in [-0.2, -0.15) is 0 Å². The number of rotatable bonds is 4. The molecule has 1 amide bonds. The summed E-state index contributed by atoms with van der Waals surface area (Å²) in [6.45, 7) is 5.21. The van der Waals surface area contributed by atoms with Crippen LogP contribution in [-0.4, -0.2) is 26.9 Å². The number of benzene rings is 2. The van der Waals surface area contributed by atoms with E-state index in [1.807, 2.05) is 13.8 Å². The fraction of sp³-hybridized carbons (Fsp3) is 0.217. The van der Waals surface area contributed by atoms with Gasteiger partial charge in [0.25, 0.3) is 0 Å². The number of hydrogen-bond acceptors (Lipinski definition) is 4. The third kappa shape index (κ3) is 3.59. The van der Waals surface area contributed by atoms with Crippen molar-refractivity contribution in [1.29, 1.82) is 0 Å². The summed E-state index contributed by atoms with van der Waals surface area (Å²) in [4.78, 5) is 18.6. The predicted molar refractivity (Wildman–Crippen MR) is 113 cm³/mol. The van der Waals surface area contributed by atoms with Crippen LogP contribution >= 0.6 is 0 Å². The van der Waals surface area contributed by atoms with Gasteiger partial charge < -0.3 is 15.4 Å². The molecule has 1 aromatic heterocycles. The van der Waals surface area contributed by atoms with Crippen LogP contribution in [0.2, 0.25) is 0 Å². The lowest BCUT2D eigenvalue weighted by Gasteiger charge is -2.38. The molecule has 1 aliphatic heterocycles. The molecular formula is C23H22F2N4O2. The lowest BCUT2D eigenvalue weighted by molar-refractivity contribution is -0.132. The highest BCUT2D eigenvalue weighted by Crippen LogP contribution is 2.41. The molecule has 2 N–H and O–H groups in total. The van der Waals surface area contributed by atoms with Gasteiger partial charge in [0, 0.05) is 18.0 Å². The Labute approximate surface area is 178 Å². The number of nitrogens with zero attached hydrogens (tertiary/aromatic N) is 3. The molecule has 2 aromatic carbocycles. The largest absolute Gasteiger partial charge is 0.438 e. The Morgan fingerprint density at radius 3 is 2.48 bits per heavy atom. The number of hydrogen-bond donors (Lipinski definition) is 1. The Balaban J connectivity index is 1.88. The number of aromatic nitrogens is 2. The molecule has 0 unspecified atom stereocenters. The van der Waals surface area contributed by atoms with Crippen LogP contribution < -0.4 is 10.5 Å². The topological polar surface area (TPSA) is 73.4 Å². The van der Waals surface area contributed by atoms with Gasteiger partial charge in [-0.1, -0.05) is 0 Å². The number of nitrogens with two attached hydrogens (primary N) is 1. The Morgan fingerprint density at radius 1 is 1.13 bits per heavy atom. The third-order valence-electron chi connectivity index (χ3n) is 5.29. The minimum atomic E-state index is -0.819. The molecule has 2 heterocycles. The Morgan fingerprint density at radius 2 is 1.84 bits per heavy atom. The van der Waals surface area contributed by atoms with Crippen molar-refractivity contribution >= 4 is 12.1 Å². The van der Waals surface area contributed by atoms with Gasteiger partial charge in [0.15, 0.2) is 0 Å². The summed E-state index contributed by atoms with van der Waals surface area (Å²) in [5, 5.41) is 0. The maximum Gasteiger partial charge on any atom is 0.241 e. The highest BCUT2D eigenvalue weighted by molar-refractivity contribution is 5.81. The number of fused-ring (bicyclic) bond motifs is 1. The number of amides is 1. The van der Waals surface area contributed by atoms with Crippen molar-refractivity contribution in [3.8, 4) is 22.9 Å². The standard InChI is InChI=1S/C23H22F2N4O2/c1-14-12-17(8-9-18(14)25)31-21-20(15-4-6-16(24)7-5-15)27-22-23(2,3)29(19(30)13-26)11-10-28(21)22/h4-12H,13,26H2,1-3H3. The lowest BCUT2D eigenvalue weighted by Crippen LogP contribution is -2.47. The van der Waals surface area contributed by atoms with E-state index in [2.05, 4.69) is 0 Å². The zero-order valence-corrected chi connectivity index (χ0v) is 17.4. The molecule has 0 radical (unpaired) electrons.